The zero-order valence-electron chi connectivity index (χ0n) is 25.0. The van der Waals surface area contributed by atoms with Gasteiger partial charge in [0.05, 0.1) is 30.3 Å². The molecule has 44 heavy (non-hydrogen) atoms. The van der Waals surface area contributed by atoms with Crippen LogP contribution in [0.15, 0.2) is 42.5 Å². The highest BCUT2D eigenvalue weighted by Gasteiger charge is 2.44. The molecule has 4 aliphatic rings. The lowest BCUT2D eigenvalue weighted by Gasteiger charge is -2.42. The molecule has 1 aliphatic carbocycles. The van der Waals surface area contributed by atoms with Gasteiger partial charge in [-0.05, 0) is 62.3 Å². The summed E-state index contributed by atoms with van der Waals surface area (Å²) in [6.45, 7) is 2.29. The Hall–Kier alpha value is -4.21. The molecule has 1 saturated heterocycles. The highest BCUT2D eigenvalue weighted by Crippen LogP contribution is 2.41. The number of ether oxygens (including phenoxy) is 1. The first-order valence-electron chi connectivity index (χ1n) is 15.9. The monoisotopic (exact) mass is 600 g/mol. The largest absolute Gasteiger partial charge is 0.493 e. The van der Waals surface area contributed by atoms with Crippen molar-refractivity contribution in [3.05, 3.63) is 64.7 Å². The van der Waals surface area contributed by atoms with E-state index in [0.717, 1.165) is 49.9 Å². The number of nitrogens with zero attached hydrogens (tertiary/aromatic N) is 3. The van der Waals surface area contributed by atoms with Gasteiger partial charge in [-0.15, -0.1) is 0 Å². The van der Waals surface area contributed by atoms with E-state index in [1.165, 1.54) is 4.90 Å². The molecule has 3 aliphatic heterocycles. The Morgan fingerprint density at radius 2 is 1.52 bits per heavy atom. The van der Waals surface area contributed by atoms with Gasteiger partial charge in [-0.3, -0.25) is 28.9 Å². The summed E-state index contributed by atoms with van der Waals surface area (Å²) in [5.41, 5.74) is 8.19. The molecule has 3 atom stereocenters. The molecule has 232 valence electrons. The van der Waals surface area contributed by atoms with E-state index in [-0.39, 0.29) is 18.4 Å². The van der Waals surface area contributed by atoms with Gasteiger partial charge < -0.3 is 20.3 Å². The number of likely N-dealkylation sites (tertiary alicyclic amines) is 1. The van der Waals surface area contributed by atoms with Crippen molar-refractivity contribution in [1.82, 2.24) is 14.7 Å². The predicted molar refractivity (Wildman–Crippen MR) is 162 cm³/mol. The number of nitrogens with two attached hydrogens (primary N) is 1. The zero-order chi connectivity index (χ0) is 30.8. The quantitative estimate of drug-likeness (QED) is 0.347. The van der Waals surface area contributed by atoms with Crippen molar-refractivity contribution in [2.75, 3.05) is 32.8 Å². The molecule has 10 nitrogen and oxygen atoms in total. The summed E-state index contributed by atoms with van der Waals surface area (Å²) in [6.07, 6.45) is 6.42. The lowest BCUT2D eigenvalue weighted by Crippen LogP contribution is -2.51. The van der Waals surface area contributed by atoms with Crippen LogP contribution in [0.2, 0.25) is 0 Å². The third-order valence-electron chi connectivity index (χ3n) is 9.70. The summed E-state index contributed by atoms with van der Waals surface area (Å²) in [4.78, 5) is 71.0. The fourth-order valence-corrected chi connectivity index (χ4v) is 7.41. The molecule has 0 spiro atoms. The van der Waals surface area contributed by atoms with Gasteiger partial charge in [0, 0.05) is 43.5 Å². The SMILES string of the molecule is NC(=O)[C@H]1CCCC[C@H]1C(=O)N1CCc2cccc(OCCCC(=O)N3CCCC3)c2[C@H]1CN1C(=O)c2ccccc2C1=O. The van der Waals surface area contributed by atoms with E-state index in [1.54, 1.807) is 29.2 Å². The third kappa shape index (κ3) is 5.69. The van der Waals surface area contributed by atoms with Crippen LogP contribution >= 0.6 is 0 Å². The Balaban J connectivity index is 1.28. The van der Waals surface area contributed by atoms with Crippen molar-refractivity contribution in [3.63, 3.8) is 0 Å². The number of rotatable bonds is 9. The number of carbonyl (C=O) groups excluding carboxylic acids is 5. The maximum atomic E-state index is 14.3. The maximum absolute atomic E-state index is 14.3. The van der Waals surface area contributed by atoms with E-state index in [9.17, 15) is 24.0 Å². The van der Waals surface area contributed by atoms with Gasteiger partial charge >= 0.3 is 0 Å². The molecule has 1 saturated carbocycles. The average Bonchev–Trinajstić information content (AvgIpc) is 3.67. The van der Waals surface area contributed by atoms with E-state index in [1.807, 2.05) is 23.1 Å². The van der Waals surface area contributed by atoms with Crippen LogP contribution < -0.4 is 10.5 Å². The topological polar surface area (TPSA) is 130 Å². The third-order valence-corrected chi connectivity index (χ3v) is 9.70. The Kier molecular flexibility index (Phi) is 8.68. The summed E-state index contributed by atoms with van der Waals surface area (Å²) in [5, 5.41) is 0. The van der Waals surface area contributed by atoms with Crippen molar-refractivity contribution in [1.29, 1.82) is 0 Å². The predicted octanol–water partition coefficient (Wildman–Crippen LogP) is 3.48. The Morgan fingerprint density at radius 3 is 2.20 bits per heavy atom. The first kappa shape index (κ1) is 29.8. The highest BCUT2D eigenvalue weighted by molar-refractivity contribution is 6.21. The van der Waals surface area contributed by atoms with Crippen LogP contribution in [0.3, 0.4) is 0 Å². The molecule has 5 amide bonds. The summed E-state index contributed by atoms with van der Waals surface area (Å²) in [7, 11) is 0. The minimum absolute atomic E-state index is 0.0349. The van der Waals surface area contributed by atoms with Gasteiger partial charge in [-0.1, -0.05) is 37.1 Å². The molecular weight excluding hydrogens is 560 g/mol. The van der Waals surface area contributed by atoms with Crippen molar-refractivity contribution in [2.24, 2.45) is 17.6 Å². The number of amides is 5. The molecular formula is C34H40N4O6. The van der Waals surface area contributed by atoms with E-state index < -0.39 is 35.6 Å². The minimum Gasteiger partial charge on any atom is -0.493 e. The van der Waals surface area contributed by atoms with Gasteiger partial charge in [-0.25, -0.2) is 0 Å². The smallest absolute Gasteiger partial charge is 0.261 e. The first-order chi connectivity index (χ1) is 21.3. The maximum Gasteiger partial charge on any atom is 0.261 e. The Bertz CT molecular complexity index is 1430. The molecule has 0 radical (unpaired) electrons. The van der Waals surface area contributed by atoms with Crippen LogP contribution in [0, 0.1) is 11.8 Å². The molecule has 0 bridgehead atoms. The van der Waals surface area contributed by atoms with E-state index in [0.29, 0.717) is 62.1 Å². The van der Waals surface area contributed by atoms with Crippen LogP contribution in [0.25, 0.3) is 0 Å². The number of hydrogen-bond donors (Lipinski definition) is 1. The standard InChI is InChI=1S/C34H40N4O6/c35-31(40)23-10-1-2-11-24(23)32(41)37-19-16-22-9-7-14-28(44-20-8-15-29(39)36-17-5-6-18-36)30(22)27(37)21-38-33(42)25-12-3-4-13-26(25)34(38)43/h3-4,7,9,12-14,23-24,27H,1-2,5-6,8,10-11,15-21H2,(H2,35,40)/t23-,24+,27+/m0/s1. The van der Waals surface area contributed by atoms with Crippen LogP contribution in [0.4, 0.5) is 0 Å². The van der Waals surface area contributed by atoms with Crippen molar-refractivity contribution >= 4 is 29.5 Å². The van der Waals surface area contributed by atoms with Gasteiger partial charge in [0.15, 0.2) is 0 Å². The Labute approximate surface area is 257 Å². The van der Waals surface area contributed by atoms with E-state index in [2.05, 4.69) is 0 Å². The van der Waals surface area contributed by atoms with Crippen LogP contribution in [-0.4, -0.2) is 77.0 Å². The second kappa shape index (κ2) is 12.8. The Morgan fingerprint density at radius 1 is 0.841 bits per heavy atom. The van der Waals surface area contributed by atoms with Gasteiger partial charge in [-0.2, -0.15) is 0 Å². The average molecular weight is 601 g/mol. The fraction of sp³-hybridized carbons (Fsp3) is 0.500. The summed E-state index contributed by atoms with van der Waals surface area (Å²) in [5.74, 6) is -1.80. The molecule has 0 aromatic heterocycles. The molecule has 2 aromatic carbocycles. The van der Waals surface area contributed by atoms with Crippen molar-refractivity contribution in [3.8, 4) is 5.75 Å². The van der Waals surface area contributed by atoms with Crippen LogP contribution in [0.1, 0.15) is 89.3 Å². The second-order valence-corrected chi connectivity index (χ2v) is 12.3. The number of carbonyl (C=O) groups is 5. The summed E-state index contributed by atoms with van der Waals surface area (Å²) >= 11 is 0. The number of benzene rings is 2. The normalized spacial score (nSPS) is 23.0. The van der Waals surface area contributed by atoms with Crippen molar-refractivity contribution in [2.45, 2.75) is 63.8 Å². The van der Waals surface area contributed by atoms with Gasteiger partial charge in [0.25, 0.3) is 11.8 Å². The minimum atomic E-state index is -0.661. The fourth-order valence-electron chi connectivity index (χ4n) is 7.41. The lowest BCUT2D eigenvalue weighted by atomic mass is 9.77. The van der Waals surface area contributed by atoms with E-state index >= 15 is 0 Å². The summed E-state index contributed by atoms with van der Waals surface area (Å²) < 4.78 is 6.29. The van der Waals surface area contributed by atoms with Crippen molar-refractivity contribution < 1.29 is 28.7 Å². The first-order valence-corrected chi connectivity index (χ1v) is 15.9. The van der Waals surface area contributed by atoms with Gasteiger partial charge in [0.2, 0.25) is 17.7 Å². The number of imide groups is 1. The molecule has 2 fully saturated rings. The number of fused-ring (bicyclic) bond motifs is 2. The molecule has 6 rings (SSSR count). The van der Waals surface area contributed by atoms with Crippen LogP contribution in [0.5, 0.6) is 5.75 Å². The molecule has 0 unspecified atom stereocenters. The number of primary amides is 1. The summed E-state index contributed by atoms with van der Waals surface area (Å²) in [6, 6.07) is 11.8. The molecule has 2 N–H and O–H groups in total. The van der Waals surface area contributed by atoms with E-state index in [4.69, 9.17) is 10.5 Å². The highest BCUT2D eigenvalue weighted by atomic mass is 16.5. The van der Waals surface area contributed by atoms with Crippen LogP contribution in [-0.2, 0) is 20.8 Å². The zero-order valence-corrected chi connectivity index (χ0v) is 25.0. The lowest BCUT2D eigenvalue weighted by molar-refractivity contribution is -0.145. The van der Waals surface area contributed by atoms with Gasteiger partial charge in [0.1, 0.15) is 5.75 Å². The number of hydrogen-bond acceptors (Lipinski definition) is 6. The molecule has 10 heteroatoms. The second-order valence-electron chi connectivity index (χ2n) is 12.3. The molecule has 3 heterocycles. The molecule has 2 aromatic rings.